The Balaban J connectivity index is 2.13. The van der Waals surface area contributed by atoms with Gasteiger partial charge in [-0.15, -0.1) is 0 Å². The van der Waals surface area contributed by atoms with Gasteiger partial charge in [-0.05, 0) is 36.6 Å². The summed E-state index contributed by atoms with van der Waals surface area (Å²) >= 11 is 0. The summed E-state index contributed by atoms with van der Waals surface area (Å²) in [6.45, 7) is 4.13. The quantitative estimate of drug-likeness (QED) is 0.839. The molecule has 1 aromatic heterocycles. The van der Waals surface area contributed by atoms with E-state index in [0.717, 1.165) is 6.07 Å². The average molecular weight is 304 g/mol. The van der Waals surface area contributed by atoms with Crippen LogP contribution in [-0.2, 0) is 4.79 Å². The summed E-state index contributed by atoms with van der Waals surface area (Å²) in [6.07, 6.45) is 3.40. The lowest BCUT2D eigenvalue weighted by Gasteiger charge is -2.22. The van der Waals surface area contributed by atoms with Crippen LogP contribution in [0.3, 0.4) is 0 Å². The fraction of sp³-hybridized carbons (Fsp3) is 0.294. The van der Waals surface area contributed by atoms with Crippen LogP contribution >= 0.6 is 0 Å². The van der Waals surface area contributed by atoms with E-state index in [1.165, 1.54) is 12.1 Å². The van der Waals surface area contributed by atoms with Gasteiger partial charge in [0.25, 0.3) is 0 Å². The Kier molecular flexibility index (Phi) is 5.20. The molecule has 0 aliphatic heterocycles. The number of pyridine rings is 1. The van der Waals surface area contributed by atoms with Crippen LogP contribution in [0.1, 0.15) is 31.7 Å². The lowest BCUT2D eigenvalue weighted by Crippen LogP contribution is -2.31. The summed E-state index contributed by atoms with van der Waals surface area (Å²) in [5.41, 5.74) is 1.05. The smallest absolute Gasteiger partial charge is 0.227 e. The van der Waals surface area contributed by atoms with Gasteiger partial charge in [0.2, 0.25) is 5.91 Å². The van der Waals surface area contributed by atoms with E-state index in [0.29, 0.717) is 17.8 Å². The molecule has 0 saturated carbocycles. The van der Waals surface area contributed by atoms with E-state index >= 15 is 0 Å². The van der Waals surface area contributed by atoms with Crippen molar-refractivity contribution in [2.24, 2.45) is 0 Å². The monoisotopic (exact) mass is 304 g/mol. The summed E-state index contributed by atoms with van der Waals surface area (Å²) in [6, 6.07) is 7.00. The third-order valence-electron chi connectivity index (χ3n) is 3.55. The predicted molar refractivity (Wildman–Crippen MR) is 81.7 cm³/mol. The van der Waals surface area contributed by atoms with Crippen molar-refractivity contribution in [1.29, 1.82) is 0 Å². The van der Waals surface area contributed by atoms with Crippen LogP contribution in [0, 0.1) is 11.6 Å². The van der Waals surface area contributed by atoms with Crippen LogP contribution in [-0.4, -0.2) is 17.4 Å². The zero-order chi connectivity index (χ0) is 16.1. The summed E-state index contributed by atoms with van der Waals surface area (Å²) in [5, 5.41) is 0. The van der Waals surface area contributed by atoms with Crippen LogP contribution in [0.15, 0.2) is 42.7 Å². The number of benzene rings is 1. The summed E-state index contributed by atoms with van der Waals surface area (Å²) in [7, 11) is 0. The van der Waals surface area contributed by atoms with Gasteiger partial charge in [0.05, 0.1) is 11.9 Å². The zero-order valence-electron chi connectivity index (χ0n) is 12.6. The van der Waals surface area contributed by atoms with E-state index in [9.17, 15) is 13.6 Å². The molecule has 0 bridgehead atoms. The number of carbonyl (C=O) groups excluding carboxylic acids is 1. The first-order valence-electron chi connectivity index (χ1n) is 7.18. The standard InChI is InChI=1S/C17H18F2N2O/c1-3-21(14-5-4-8-20-11-14)17(22)9-12(2)15-7-6-13(18)10-16(15)19/h4-8,10-12H,3,9H2,1-2H3. The van der Waals surface area contributed by atoms with E-state index < -0.39 is 11.6 Å². The molecule has 1 atom stereocenters. The number of halogens is 2. The van der Waals surface area contributed by atoms with Gasteiger partial charge < -0.3 is 4.90 Å². The lowest BCUT2D eigenvalue weighted by atomic mass is 9.96. The molecule has 0 radical (unpaired) electrons. The van der Waals surface area contributed by atoms with Crippen molar-refractivity contribution in [2.45, 2.75) is 26.2 Å². The molecule has 0 saturated heterocycles. The van der Waals surface area contributed by atoms with Gasteiger partial charge in [-0.25, -0.2) is 8.78 Å². The molecule has 0 aliphatic rings. The molecule has 1 heterocycles. The largest absolute Gasteiger partial charge is 0.311 e. The molecular formula is C17H18F2N2O. The minimum absolute atomic E-state index is 0.119. The highest BCUT2D eigenvalue weighted by Crippen LogP contribution is 2.24. The number of hydrogen-bond acceptors (Lipinski definition) is 2. The van der Waals surface area contributed by atoms with Crippen molar-refractivity contribution >= 4 is 11.6 Å². The highest BCUT2D eigenvalue weighted by Gasteiger charge is 2.20. The molecule has 22 heavy (non-hydrogen) atoms. The second kappa shape index (κ2) is 7.11. The molecule has 0 spiro atoms. The van der Waals surface area contributed by atoms with Gasteiger partial charge >= 0.3 is 0 Å². The van der Waals surface area contributed by atoms with Gasteiger partial charge in [-0.2, -0.15) is 0 Å². The third kappa shape index (κ3) is 3.67. The lowest BCUT2D eigenvalue weighted by molar-refractivity contribution is -0.118. The average Bonchev–Trinajstić information content (AvgIpc) is 2.48. The Labute approximate surface area is 128 Å². The number of hydrogen-bond donors (Lipinski definition) is 0. The SMILES string of the molecule is CCN(C(=O)CC(C)c1ccc(F)cc1F)c1cccnc1. The Hall–Kier alpha value is -2.30. The first-order chi connectivity index (χ1) is 10.5. The van der Waals surface area contributed by atoms with Crippen LogP contribution in [0.4, 0.5) is 14.5 Å². The minimum Gasteiger partial charge on any atom is -0.311 e. The Morgan fingerprint density at radius 3 is 2.68 bits per heavy atom. The van der Waals surface area contributed by atoms with Crippen molar-refractivity contribution in [3.63, 3.8) is 0 Å². The van der Waals surface area contributed by atoms with E-state index in [1.807, 2.05) is 6.92 Å². The summed E-state index contributed by atoms with van der Waals surface area (Å²) in [5.74, 6) is -1.69. The van der Waals surface area contributed by atoms with E-state index in [1.54, 1.807) is 36.4 Å². The van der Waals surface area contributed by atoms with Crippen LogP contribution in [0.5, 0.6) is 0 Å². The number of rotatable bonds is 5. The van der Waals surface area contributed by atoms with Crippen LogP contribution < -0.4 is 4.90 Å². The molecule has 3 nitrogen and oxygen atoms in total. The molecule has 1 aromatic carbocycles. The van der Waals surface area contributed by atoms with Crippen molar-refractivity contribution in [1.82, 2.24) is 4.98 Å². The molecule has 0 aliphatic carbocycles. The molecule has 1 unspecified atom stereocenters. The van der Waals surface area contributed by atoms with Crippen molar-refractivity contribution in [3.8, 4) is 0 Å². The predicted octanol–water partition coefficient (Wildman–Crippen LogP) is 3.91. The van der Waals surface area contributed by atoms with Crippen LogP contribution in [0.25, 0.3) is 0 Å². The maximum atomic E-state index is 13.8. The Morgan fingerprint density at radius 1 is 1.32 bits per heavy atom. The van der Waals surface area contributed by atoms with E-state index in [2.05, 4.69) is 4.98 Å². The Morgan fingerprint density at radius 2 is 2.09 bits per heavy atom. The molecule has 116 valence electrons. The molecule has 5 heteroatoms. The first-order valence-corrected chi connectivity index (χ1v) is 7.18. The fourth-order valence-corrected chi connectivity index (χ4v) is 2.40. The summed E-state index contributed by atoms with van der Waals surface area (Å²) in [4.78, 5) is 18.0. The summed E-state index contributed by atoms with van der Waals surface area (Å²) < 4.78 is 26.7. The molecule has 0 N–H and O–H groups in total. The maximum Gasteiger partial charge on any atom is 0.227 e. The second-order valence-corrected chi connectivity index (χ2v) is 5.12. The molecule has 1 amide bonds. The number of nitrogens with zero attached hydrogens (tertiary/aromatic N) is 2. The normalized spacial score (nSPS) is 12.0. The maximum absolute atomic E-state index is 13.8. The minimum atomic E-state index is -0.621. The van der Waals surface area contributed by atoms with E-state index in [4.69, 9.17) is 0 Å². The molecule has 2 aromatic rings. The zero-order valence-corrected chi connectivity index (χ0v) is 12.6. The van der Waals surface area contributed by atoms with Gasteiger partial charge in [-0.3, -0.25) is 9.78 Å². The highest BCUT2D eigenvalue weighted by atomic mass is 19.1. The van der Waals surface area contributed by atoms with Gasteiger partial charge in [0, 0.05) is 25.2 Å². The number of carbonyl (C=O) groups is 1. The molecular weight excluding hydrogens is 286 g/mol. The van der Waals surface area contributed by atoms with Gasteiger partial charge in [0.1, 0.15) is 11.6 Å². The van der Waals surface area contributed by atoms with Crippen molar-refractivity contribution in [2.75, 3.05) is 11.4 Å². The van der Waals surface area contributed by atoms with Crippen molar-refractivity contribution in [3.05, 3.63) is 59.9 Å². The van der Waals surface area contributed by atoms with Gasteiger partial charge in [0.15, 0.2) is 0 Å². The number of aromatic nitrogens is 1. The van der Waals surface area contributed by atoms with Gasteiger partial charge in [-0.1, -0.05) is 13.0 Å². The Bertz CT molecular complexity index is 646. The first kappa shape index (κ1) is 16.1. The highest BCUT2D eigenvalue weighted by molar-refractivity contribution is 5.93. The third-order valence-corrected chi connectivity index (χ3v) is 3.55. The molecule has 2 rings (SSSR count). The van der Waals surface area contributed by atoms with Crippen LogP contribution in [0.2, 0.25) is 0 Å². The van der Waals surface area contributed by atoms with E-state index in [-0.39, 0.29) is 18.2 Å². The second-order valence-electron chi connectivity index (χ2n) is 5.12. The number of anilines is 1. The topological polar surface area (TPSA) is 33.2 Å². The van der Waals surface area contributed by atoms with Crippen molar-refractivity contribution < 1.29 is 13.6 Å². The number of amides is 1. The molecule has 0 fully saturated rings. The fourth-order valence-electron chi connectivity index (χ4n) is 2.40.